The molecule has 0 spiro atoms. The standard InChI is InChI=1S/C11H13ClN2O2S/c1-8-7-17-6-5-13(8)10-4-2-3-9(12)11(10)14(15)16/h2-4,8H,5-7H2,1H3. The van der Waals surface area contributed by atoms with Crippen LogP contribution in [0, 0.1) is 10.1 Å². The zero-order valence-corrected chi connectivity index (χ0v) is 11.0. The molecule has 0 radical (unpaired) electrons. The Balaban J connectivity index is 2.43. The molecule has 1 aliphatic heterocycles. The van der Waals surface area contributed by atoms with Gasteiger partial charge in [-0.15, -0.1) is 0 Å². The molecule has 1 fully saturated rings. The highest BCUT2D eigenvalue weighted by atomic mass is 35.5. The highest BCUT2D eigenvalue weighted by molar-refractivity contribution is 7.99. The lowest BCUT2D eigenvalue weighted by Gasteiger charge is -2.34. The molecule has 0 amide bonds. The van der Waals surface area contributed by atoms with Gasteiger partial charge in [0.15, 0.2) is 0 Å². The Hall–Kier alpha value is -0.940. The first-order valence-electron chi connectivity index (χ1n) is 5.38. The van der Waals surface area contributed by atoms with Gasteiger partial charge in [-0.25, -0.2) is 0 Å². The molecule has 1 aromatic carbocycles. The average Bonchev–Trinajstić information content (AvgIpc) is 2.28. The van der Waals surface area contributed by atoms with Gasteiger partial charge in [0, 0.05) is 24.1 Å². The summed E-state index contributed by atoms with van der Waals surface area (Å²) in [4.78, 5) is 12.8. The van der Waals surface area contributed by atoms with Gasteiger partial charge in [0.1, 0.15) is 10.7 Å². The van der Waals surface area contributed by atoms with Crippen LogP contribution >= 0.6 is 23.4 Å². The minimum absolute atomic E-state index is 0.0212. The Morgan fingerprint density at radius 2 is 2.35 bits per heavy atom. The summed E-state index contributed by atoms with van der Waals surface area (Å²) in [5.41, 5.74) is 0.656. The van der Waals surface area contributed by atoms with E-state index in [1.807, 2.05) is 11.8 Å². The van der Waals surface area contributed by atoms with Crippen molar-refractivity contribution in [2.24, 2.45) is 0 Å². The molecule has 0 bridgehead atoms. The van der Waals surface area contributed by atoms with E-state index in [1.165, 1.54) is 0 Å². The lowest BCUT2D eigenvalue weighted by atomic mass is 10.2. The fourth-order valence-electron chi connectivity index (χ4n) is 2.00. The van der Waals surface area contributed by atoms with Crippen molar-refractivity contribution in [1.82, 2.24) is 0 Å². The molecule has 0 aromatic heterocycles. The third-order valence-corrected chi connectivity index (χ3v) is 4.32. The van der Waals surface area contributed by atoms with Crippen molar-refractivity contribution in [3.63, 3.8) is 0 Å². The molecule has 4 nitrogen and oxygen atoms in total. The van der Waals surface area contributed by atoms with Crippen LogP contribution < -0.4 is 4.90 Å². The fraction of sp³-hybridized carbons (Fsp3) is 0.455. The molecule has 17 heavy (non-hydrogen) atoms. The maximum Gasteiger partial charge on any atom is 0.310 e. The Morgan fingerprint density at radius 3 is 3.00 bits per heavy atom. The van der Waals surface area contributed by atoms with Crippen LogP contribution in [0.1, 0.15) is 6.92 Å². The van der Waals surface area contributed by atoms with Gasteiger partial charge in [-0.05, 0) is 19.1 Å². The summed E-state index contributed by atoms with van der Waals surface area (Å²) in [6.45, 7) is 2.91. The van der Waals surface area contributed by atoms with Crippen LogP contribution in [-0.2, 0) is 0 Å². The Labute approximate surface area is 109 Å². The second-order valence-corrected chi connectivity index (χ2v) is 5.54. The predicted molar refractivity (Wildman–Crippen MR) is 72.2 cm³/mol. The highest BCUT2D eigenvalue weighted by Crippen LogP contribution is 2.37. The zero-order valence-electron chi connectivity index (χ0n) is 9.43. The zero-order chi connectivity index (χ0) is 12.4. The first-order chi connectivity index (χ1) is 8.11. The smallest absolute Gasteiger partial charge is 0.310 e. The van der Waals surface area contributed by atoms with E-state index in [0.717, 1.165) is 18.1 Å². The molecule has 1 heterocycles. The van der Waals surface area contributed by atoms with E-state index < -0.39 is 4.92 Å². The van der Waals surface area contributed by atoms with Gasteiger partial charge in [-0.1, -0.05) is 17.7 Å². The van der Waals surface area contributed by atoms with Gasteiger partial charge in [0.2, 0.25) is 0 Å². The molecule has 1 unspecified atom stereocenters. The van der Waals surface area contributed by atoms with Gasteiger partial charge < -0.3 is 4.90 Å². The average molecular weight is 273 g/mol. The van der Waals surface area contributed by atoms with Gasteiger partial charge in [-0.2, -0.15) is 11.8 Å². The van der Waals surface area contributed by atoms with E-state index in [0.29, 0.717) is 11.7 Å². The lowest BCUT2D eigenvalue weighted by Crippen LogP contribution is -2.40. The summed E-state index contributed by atoms with van der Waals surface area (Å²) in [6.07, 6.45) is 0. The fourth-order valence-corrected chi connectivity index (χ4v) is 3.25. The quantitative estimate of drug-likeness (QED) is 0.613. The summed E-state index contributed by atoms with van der Waals surface area (Å²) in [5.74, 6) is 1.98. The summed E-state index contributed by atoms with van der Waals surface area (Å²) >= 11 is 7.79. The van der Waals surface area contributed by atoms with Crippen molar-refractivity contribution in [3.8, 4) is 0 Å². The van der Waals surface area contributed by atoms with Crippen molar-refractivity contribution in [2.75, 3.05) is 23.0 Å². The number of halogens is 1. The third-order valence-electron chi connectivity index (χ3n) is 2.83. The molecule has 92 valence electrons. The number of hydrogen-bond acceptors (Lipinski definition) is 4. The maximum absolute atomic E-state index is 11.1. The van der Waals surface area contributed by atoms with Crippen LogP contribution in [0.2, 0.25) is 5.02 Å². The molecular weight excluding hydrogens is 260 g/mol. The maximum atomic E-state index is 11.1. The minimum Gasteiger partial charge on any atom is -0.362 e. The molecule has 1 saturated heterocycles. The number of nitrogens with zero attached hydrogens (tertiary/aromatic N) is 2. The van der Waals surface area contributed by atoms with Crippen LogP contribution in [0.15, 0.2) is 18.2 Å². The monoisotopic (exact) mass is 272 g/mol. The van der Waals surface area contributed by atoms with Gasteiger partial charge in [0.05, 0.1) is 4.92 Å². The van der Waals surface area contributed by atoms with Crippen molar-refractivity contribution >= 4 is 34.7 Å². The molecule has 0 saturated carbocycles. The van der Waals surface area contributed by atoms with Crippen molar-refractivity contribution in [1.29, 1.82) is 0 Å². The second kappa shape index (κ2) is 5.14. The van der Waals surface area contributed by atoms with Crippen LogP contribution in [0.25, 0.3) is 0 Å². The normalized spacial score (nSPS) is 20.4. The number of nitro benzene ring substituents is 1. The molecule has 1 atom stereocenters. The van der Waals surface area contributed by atoms with Crippen LogP contribution in [0.4, 0.5) is 11.4 Å². The molecule has 6 heteroatoms. The van der Waals surface area contributed by atoms with E-state index in [1.54, 1.807) is 18.2 Å². The molecule has 1 aromatic rings. The summed E-state index contributed by atoms with van der Waals surface area (Å²) in [6, 6.07) is 5.40. The number of benzene rings is 1. The SMILES string of the molecule is CC1CSCCN1c1cccc(Cl)c1[N+](=O)[O-]. The summed E-state index contributed by atoms with van der Waals surface area (Å²) in [5, 5.41) is 11.3. The molecule has 0 N–H and O–H groups in total. The van der Waals surface area contributed by atoms with Crippen molar-refractivity contribution in [3.05, 3.63) is 33.3 Å². The van der Waals surface area contributed by atoms with Crippen LogP contribution in [0.5, 0.6) is 0 Å². The predicted octanol–water partition coefficient (Wildman–Crippen LogP) is 3.19. The van der Waals surface area contributed by atoms with Crippen molar-refractivity contribution < 1.29 is 4.92 Å². The highest BCUT2D eigenvalue weighted by Gasteiger charge is 2.27. The first kappa shape index (κ1) is 12.5. The number of rotatable bonds is 2. The molecule has 0 aliphatic carbocycles. The summed E-state index contributed by atoms with van der Waals surface area (Å²) < 4.78 is 0. The Kier molecular flexibility index (Phi) is 3.79. The van der Waals surface area contributed by atoms with E-state index in [4.69, 9.17) is 11.6 Å². The number of thioether (sulfide) groups is 1. The van der Waals surface area contributed by atoms with Gasteiger partial charge >= 0.3 is 5.69 Å². The molecule has 2 rings (SSSR count). The van der Waals surface area contributed by atoms with E-state index in [-0.39, 0.29) is 10.7 Å². The lowest BCUT2D eigenvalue weighted by molar-refractivity contribution is -0.384. The Bertz CT molecular complexity index is 441. The summed E-state index contributed by atoms with van der Waals surface area (Å²) in [7, 11) is 0. The number of para-hydroxylation sites is 1. The number of hydrogen-bond donors (Lipinski definition) is 0. The van der Waals surface area contributed by atoms with Crippen molar-refractivity contribution in [2.45, 2.75) is 13.0 Å². The van der Waals surface area contributed by atoms with Crippen LogP contribution in [0.3, 0.4) is 0 Å². The second-order valence-electron chi connectivity index (χ2n) is 3.98. The topological polar surface area (TPSA) is 46.4 Å². The number of anilines is 1. The van der Waals surface area contributed by atoms with E-state index in [9.17, 15) is 10.1 Å². The minimum atomic E-state index is -0.397. The van der Waals surface area contributed by atoms with Gasteiger partial charge in [-0.3, -0.25) is 10.1 Å². The molecular formula is C11H13ClN2O2S. The first-order valence-corrected chi connectivity index (χ1v) is 6.92. The van der Waals surface area contributed by atoms with E-state index >= 15 is 0 Å². The number of nitro groups is 1. The van der Waals surface area contributed by atoms with E-state index in [2.05, 4.69) is 11.8 Å². The third kappa shape index (κ3) is 2.50. The largest absolute Gasteiger partial charge is 0.362 e. The molecule has 1 aliphatic rings. The van der Waals surface area contributed by atoms with Gasteiger partial charge in [0.25, 0.3) is 0 Å². The Morgan fingerprint density at radius 1 is 1.59 bits per heavy atom. The van der Waals surface area contributed by atoms with Crippen LogP contribution in [-0.4, -0.2) is 29.0 Å².